The molecule has 1 aromatic rings. The largest absolute Gasteiger partial charge is 0.480 e. The van der Waals surface area contributed by atoms with Crippen LogP contribution in [-0.4, -0.2) is 44.3 Å². The maximum Gasteiger partial charge on any atom is 0.435 e. The molecule has 0 spiro atoms. The summed E-state index contributed by atoms with van der Waals surface area (Å²) in [5.41, 5.74) is -1.10. The lowest BCUT2D eigenvalue weighted by molar-refractivity contribution is -0.146. The van der Waals surface area contributed by atoms with Gasteiger partial charge >= 0.3 is 12.1 Å². The van der Waals surface area contributed by atoms with Crippen LogP contribution in [0, 0.1) is 0 Å². The molecule has 6 nitrogen and oxygen atoms in total. The highest BCUT2D eigenvalue weighted by molar-refractivity contribution is 5.81. The molecule has 0 aromatic carbocycles. The zero-order valence-corrected chi connectivity index (χ0v) is 10.9. The molecule has 0 saturated carbocycles. The van der Waals surface area contributed by atoms with Crippen molar-refractivity contribution in [2.24, 2.45) is 0 Å². The molecule has 1 heterocycles. The Bertz CT molecular complexity index is 497. The van der Waals surface area contributed by atoms with Gasteiger partial charge in [0.15, 0.2) is 5.69 Å². The summed E-state index contributed by atoms with van der Waals surface area (Å²) in [5, 5.41) is 11.9. The lowest BCUT2D eigenvalue weighted by atomic mass is 10.3. The summed E-state index contributed by atoms with van der Waals surface area (Å²) in [4.78, 5) is 23.6. The molecule has 0 atom stereocenters. The number of carboxylic acids is 1. The number of amides is 1. The normalized spacial score (nSPS) is 11.7. The highest BCUT2D eigenvalue weighted by Gasteiger charge is 2.33. The van der Waals surface area contributed by atoms with E-state index < -0.39 is 36.8 Å². The van der Waals surface area contributed by atoms with Crippen LogP contribution in [0.15, 0.2) is 12.3 Å². The first-order chi connectivity index (χ1) is 9.11. The Morgan fingerprint density at radius 2 is 2.05 bits per heavy atom. The monoisotopic (exact) mass is 293 g/mol. The zero-order valence-electron chi connectivity index (χ0n) is 10.9. The minimum Gasteiger partial charge on any atom is -0.480 e. The quantitative estimate of drug-likeness (QED) is 0.885. The van der Waals surface area contributed by atoms with E-state index in [4.69, 9.17) is 5.11 Å². The SMILES string of the molecule is CC(C)N(CC(=O)O)C(=O)Cn1ccc(C(F)(F)F)n1. The number of aromatic nitrogens is 2. The molecule has 9 heteroatoms. The minimum atomic E-state index is -4.58. The molecular weight excluding hydrogens is 279 g/mol. The molecule has 1 rings (SSSR count). The number of alkyl halides is 3. The van der Waals surface area contributed by atoms with Crippen molar-refractivity contribution in [2.75, 3.05) is 6.54 Å². The standard InChI is InChI=1S/C11H14F3N3O3/c1-7(2)17(6-10(19)20)9(18)5-16-4-3-8(15-16)11(12,13)14/h3-4,7H,5-6H2,1-2H3,(H,19,20). The van der Waals surface area contributed by atoms with Gasteiger partial charge in [0.25, 0.3) is 0 Å². The predicted octanol–water partition coefficient (Wildman–Crippen LogP) is 1.22. The fourth-order valence-corrected chi connectivity index (χ4v) is 1.53. The van der Waals surface area contributed by atoms with Gasteiger partial charge < -0.3 is 10.0 Å². The van der Waals surface area contributed by atoms with Crippen molar-refractivity contribution in [3.63, 3.8) is 0 Å². The van der Waals surface area contributed by atoms with Crippen LogP contribution in [0.3, 0.4) is 0 Å². The fourth-order valence-electron chi connectivity index (χ4n) is 1.53. The van der Waals surface area contributed by atoms with Crippen molar-refractivity contribution in [2.45, 2.75) is 32.6 Å². The molecular formula is C11H14F3N3O3. The first-order valence-corrected chi connectivity index (χ1v) is 5.73. The minimum absolute atomic E-state index is 0.378. The second-order valence-corrected chi connectivity index (χ2v) is 4.41. The Balaban J connectivity index is 2.78. The molecule has 0 aliphatic carbocycles. The lowest BCUT2D eigenvalue weighted by Gasteiger charge is -2.24. The molecule has 1 amide bonds. The van der Waals surface area contributed by atoms with Gasteiger partial charge in [-0.15, -0.1) is 0 Å². The van der Waals surface area contributed by atoms with Gasteiger partial charge in [0.2, 0.25) is 5.91 Å². The van der Waals surface area contributed by atoms with Crippen LogP contribution in [0.1, 0.15) is 19.5 Å². The van der Waals surface area contributed by atoms with Crippen LogP contribution in [0.25, 0.3) is 0 Å². The number of halogens is 3. The van der Waals surface area contributed by atoms with E-state index in [9.17, 15) is 22.8 Å². The highest BCUT2D eigenvalue weighted by atomic mass is 19.4. The van der Waals surface area contributed by atoms with Gasteiger partial charge in [-0.05, 0) is 19.9 Å². The van der Waals surface area contributed by atoms with E-state index in [1.54, 1.807) is 13.8 Å². The summed E-state index contributed by atoms with van der Waals surface area (Å²) < 4.78 is 37.9. The first kappa shape index (κ1) is 16.0. The number of rotatable bonds is 5. The average molecular weight is 293 g/mol. The van der Waals surface area contributed by atoms with Gasteiger partial charge in [0, 0.05) is 12.2 Å². The Kier molecular flexibility index (Phi) is 4.74. The fraction of sp³-hybridized carbons (Fsp3) is 0.545. The summed E-state index contributed by atoms with van der Waals surface area (Å²) >= 11 is 0. The number of carbonyl (C=O) groups excluding carboxylic acids is 1. The molecule has 0 bridgehead atoms. The van der Waals surface area contributed by atoms with Gasteiger partial charge in [0.1, 0.15) is 13.1 Å². The molecule has 112 valence electrons. The number of nitrogens with zero attached hydrogens (tertiary/aromatic N) is 3. The highest BCUT2D eigenvalue weighted by Crippen LogP contribution is 2.27. The third-order valence-electron chi connectivity index (χ3n) is 2.48. The van der Waals surface area contributed by atoms with E-state index >= 15 is 0 Å². The van der Waals surface area contributed by atoms with Gasteiger partial charge in [-0.2, -0.15) is 18.3 Å². The van der Waals surface area contributed by atoms with Crippen LogP contribution < -0.4 is 0 Å². The van der Waals surface area contributed by atoms with Crippen molar-refractivity contribution in [1.82, 2.24) is 14.7 Å². The topological polar surface area (TPSA) is 75.4 Å². The van der Waals surface area contributed by atoms with Gasteiger partial charge in [-0.3, -0.25) is 14.3 Å². The maximum atomic E-state index is 12.3. The zero-order chi connectivity index (χ0) is 15.5. The van der Waals surface area contributed by atoms with Crippen molar-refractivity contribution in [1.29, 1.82) is 0 Å². The van der Waals surface area contributed by atoms with Crippen LogP contribution in [-0.2, 0) is 22.3 Å². The third kappa shape index (κ3) is 4.25. The molecule has 20 heavy (non-hydrogen) atoms. The second-order valence-electron chi connectivity index (χ2n) is 4.41. The lowest BCUT2D eigenvalue weighted by Crippen LogP contribution is -2.42. The van der Waals surface area contributed by atoms with Crippen LogP contribution in [0.2, 0.25) is 0 Å². The molecule has 0 fully saturated rings. The summed E-state index contributed by atoms with van der Waals surface area (Å²) in [7, 11) is 0. The van der Waals surface area contributed by atoms with Crippen molar-refractivity contribution >= 4 is 11.9 Å². The van der Waals surface area contributed by atoms with Crippen LogP contribution in [0.4, 0.5) is 13.2 Å². The Hall–Kier alpha value is -2.06. The van der Waals surface area contributed by atoms with E-state index in [0.29, 0.717) is 0 Å². The number of hydrogen-bond acceptors (Lipinski definition) is 3. The van der Waals surface area contributed by atoms with Gasteiger partial charge in [0.05, 0.1) is 0 Å². The Morgan fingerprint density at radius 1 is 1.45 bits per heavy atom. The first-order valence-electron chi connectivity index (χ1n) is 5.73. The second kappa shape index (κ2) is 5.93. The van der Waals surface area contributed by atoms with Gasteiger partial charge in [-0.25, -0.2) is 0 Å². The van der Waals surface area contributed by atoms with Crippen LogP contribution >= 0.6 is 0 Å². The van der Waals surface area contributed by atoms with Crippen LogP contribution in [0.5, 0.6) is 0 Å². The average Bonchev–Trinajstić information content (AvgIpc) is 2.73. The predicted molar refractivity (Wildman–Crippen MR) is 61.7 cm³/mol. The van der Waals surface area contributed by atoms with Gasteiger partial charge in [-0.1, -0.05) is 0 Å². The summed E-state index contributed by atoms with van der Waals surface area (Å²) in [6.45, 7) is 2.28. The van der Waals surface area contributed by atoms with E-state index in [1.807, 2.05) is 0 Å². The molecule has 0 aliphatic rings. The number of carboxylic acid groups (broad SMARTS) is 1. The molecule has 1 N–H and O–H groups in total. The molecule has 0 saturated heterocycles. The molecule has 0 radical (unpaired) electrons. The molecule has 1 aromatic heterocycles. The number of hydrogen-bond donors (Lipinski definition) is 1. The van der Waals surface area contributed by atoms with Crippen molar-refractivity contribution < 1.29 is 27.9 Å². The van der Waals surface area contributed by atoms with E-state index in [-0.39, 0.29) is 6.04 Å². The maximum absolute atomic E-state index is 12.3. The Labute approximate surface area is 112 Å². The Morgan fingerprint density at radius 3 is 2.45 bits per heavy atom. The van der Waals surface area contributed by atoms with Crippen molar-refractivity contribution in [3.05, 3.63) is 18.0 Å². The summed E-state index contributed by atoms with van der Waals surface area (Å²) in [6, 6.07) is 0.376. The third-order valence-corrected chi connectivity index (χ3v) is 2.48. The summed E-state index contributed by atoms with van der Waals surface area (Å²) in [6.07, 6.45) is -3.55. The van der Waals surface area contributed by atoms with Crippen molar-refractivity contribution in [3.8, 4) is 0 Å². The smallest absolute Gasteiger partial charge is 0.435 e. The molecule has 0 aliphatic heterocycles. The molecule has 0 unspecified atom stereocenters. The number of aliphatic carboxylic acids is 1. The number of carbonyl (C=O) groups is 2. The van der Waals surface area contributed by atoms with E-state index in [1.165, 1.54) is 0 Å². The van der Waals surface area contributed by atoms with E-state index in [2.05, 4.69) is 5.10 Å². The summed E-state index contributed by atoms with van der Waals surface area (Å²) in [5.74, 6) is -1.80. The van der Waals surface area contributed by atoms with E-state index in [0.717, 1.165) is 21.8 Å².